The fourth-order valence-corrected chi connectivity index (χ4v) is 5.49. The Morgan fingerprint density at radius 2 is 1.45 bits per heavy atom. The molecule has 7 nitrogen and oxygen atoms in total. The van der Waals surface area contributed by atoms with Gasteiger partial charge in [0.25, 0.3) is 20.0 Å². The van der Waals surface area contributed by atoms with E-state index in [1.165, 1.54) is 18.2 Å². The van der Waals surface area contributed by atoms with Crippen LogP contribution in [-0.4, -0.2) is 16.8 Å². The van der Waals surface area contributed by atoms with E-state index in [1.54, 1.807) is 24.3 Å². The minimum Gasteiger partial charge on any atom is -0.443 e. The summed E-state index contributed by atoms with van der Waals surface area (Å²) in [6.45, 7) is 0. The average molecular weight is 533 g/mol. The molecule has 0 aliphatic rings. The van der Waals surface area contributed by atoms with Crippen molar-refractivity contribution in [3.8, 4) is 0 Å². The highest BCUT2D eigenvalue weighted by atomic mass is 35.5. The first-order chi connectivity index (χ1) is 15.5. The first-order valence-electron chi connectivity index (χ1n) is 8.94. The molecule has 4 rings (SSSR count). The Hall–Kier alpha value is -2.86. The predicted molar refractivity (Wildman–Crippen MR) is 121 cm³/mol. The Morgan fingerprint density at radius 3 is 2.18 bits per heavy atom. The zero-order chi connectivity index (χ0) is 24.0. The first-order valence-corrected chi connectivity index (χ1v) is 12.7. The molecule has 1 heterocycles. The molecule has 0 bridgehead atoms. The third-order valence-electron chi connectivity index (χ3n) is 4.40. The number of anilines is 2. The smallest absolute Gasteiger partial charge is 0.295 e. The van der Waals surface area contributed by atoms with E-state index < -0.39 is 46.7 Å². The lowest BCUT2D eigenvalue weighted by molar-refractivity contribution is 0.484. The van der Waals surface area contributed by atoms with E-state index in [4.69, 9.17) is 27.6 Å². The summed E-state index contributed by atoms with van der Waals surface area (Å²) in [6, 6.07) is 12.4. The van der Waals surface area contributed by atoms with Crippen molar-refractivity contribution in [2.75, 3.05) is 9.44 Å². The molecular formula is C20H12Cl2F2N2O5S2. The van der Waals surface area contributed by atoms with E-state index in [9.17, 15) is 25.6 Å². The van der Waals surface area contributed by atoms with Gasteiger partial charge in [-0.25, -0.2) is 17.2 Å². The number of hydrogen-bond acceptors (Lipinski definition) is 5. The van der Waals surface area contributed by atoms with E-state index in [0.29, 0.717) is 23.1 Å². The lowest BCUT2D eigenvalue weighted by atomic mass is 10.3. The third-order valence-corrected chi connectivity index (χ3v) is 7.53. The maximum Gasteiger partial charge on any atom is 0.295 e. The van der Waals surface area contributed by atoms with Crippen molar-refractivity contribution < 1.29 is 30.0 Å². The van der Waals surface area contributed by atoms with Crippen LogP contribution in [-0.2, 0) is 20.0 Å². The van der Waals surface area contributed by atoms with Gasteiger partial charge in [-0.2, -0.15) is 8.42 Å². The zero-order valence-electron chi connectivity index (χ0n) is 16.1. The summed E-state index contributed by atoms with van der Waals surface area (Å²) in [5.74, 6) is -2.53. The molecule has 0 saturated carbocycles. The quantitative estimate of drug-likeness (QED) is 0.313. The van der Waals surface area contributed by atoms with Crippen LogP contribution >= 0.6 is 23.2 Å². The summed E-state index contributed by atoms with van der Waals surface area (Å²) >= 11 is 11.5. The fraction of sp³-hybridized carbons (Fsp3) is 0. The van der Waals surface area contributed by atoms with Gasteiger partial charge in [0.1, 0.15) is 22.1 Å². The number of furan rings is 1. The normalized spacial score (nSPS) is 12.1. The number of halogens is 4. The van der Waals surface area contributed by atoms with Gasteiger partial charge < -0.3 is 4.42 Å². The van der Waals surface area contributed by atoms with Crippen LogP contribution in [0, 0.1) is 11.6 Å². The van der Waals surface area contributed by atoms with Crippen LogP contribution in [0.25, 0.3) is 11.0 Å². The standard InChI is InChI=1S/C20H12Cl2F2N2O5S2/c21-12-5-6-16(25-32(27,28)19-9-13(22)14(23)10-15(19)24)17(8-12)26-33(29,30)20-7-11-3-1-2-4-18(11)31-20/h1-10,25-26H. The van der Waals surface area contributed by atoms with E-state index >= 15 is 0 Å². The Morgan fingerprint density at radius 1 is 0.758 bits per heavy atom. The monoisotopic (exact) mass is 532 g/mol. The number of fused-ring (bicyclic) bond motifs is 1. The molecule has 0 fully saturated rings. The number of para-hydroxylation sites is 1. The number of hydrogen-bond donors (Lipinski definition) is 2. The summed E-state index contributed by atoms with van der Waals surface area (Å²) in [7, 11) is -8.95. The molecule has 0 spiro atoms. The molecule has 13 heteroatoms. The molecule has 2 N–H and O–H groups in total. The molecule has 33 heavy (non-hydrogen) atoms. The zero-order valence-corrected chi connectivity index (χ0v) is 19.3. The SMILES string of the molecule is O=S(=O)(Nc1cc(Cl)ccc1NS(=O)(=O)c1cc(Cl)c(F)cc1F)c1cc2ccccc2o1. The van der Waals surface area contributed by atoms with Crippen LogP contribution in [0.4, 0.5) is 20.2 Å². The maximum absolute atomic E-state index is 14.1. The minimum absolute atomic E-state index is 0.0799. The van der Waals surface area contributed by atoms with Crippen molar-refractivity contribution in [3.05, 3.63) is 82.3 Å². The molecule has 0 radical (unpaired) electrons. The molecule has 0 unspecified atom stereocenters. The highest BCUT2D eigenvalue weighted by molar-refractivity contribution is 7.93. The first kappa shape index (κ1) is 23.3. The summed E-state index contributed by atoms with van der Waals surface area (Å²) < 4.78 is 88.3. The Labute approximate surface area is 197 Å². The summed E-state index contributed by atoms with van der Waals surface area (Å²) in [4.78, 5) is -0.935. The second-order valence-electron chi connectivity index (χ2n) is 6.70. The van der Waals surface area contributed by atoms with Crippen LogP contribution in [0.1, 0.15) is 0 Å². The molecule has 1 aromatic heterocycles. The van der Waals surface area contributed by atoms with Gasteiger partial charge in [-0.15, -0.1) is 0 Å². The lowest BCUT2D eigenvalue weighted by Crippen LogP contribution is -2.18. The van der Waals surface area contributed by atoms with Gasteiger partial charge in [0.2, 0.25) is 5.09 Å². The number of rotatable bonds is 6. The highest BCUT2D eigenvalue weighted by Gasteiger charge is 2.25. The van der Waals surface area contributed by atoms with Gasteiger partial charge in [0, 0.05) is 22.5 Å². The molecule has 172 valence electrons. The number of sulfonamides is 2. The van der Waals surface area contributed by atoms with Gasteiger partial charge in [0.05, 0.1) is 16.4 Å². The van der Waals surface area contributed by atoms with E-state index in [1.807, 2.05) is 0 Å². The lowest BCUT2D eigenvalue weighted by Gasteiger charge is -2.15. The Bertz CT molecular complexity index is 1570. The second kappa shape index (κ2) is 8.49. The molecule has 3 aromatic carbocycles. The minimum atomic E-state index is -4.64. The van der Waals surface area contributed by atoms with Crippen LogP contribution in [0.5, 0.6) is 0 Å². The highest BCUT2D eigenvalue weighted by Crippen LogP contribution is 2.32. The molecular weight excluding hydrogens is 521 g/mol. The van der Waals surface area contributed by atoms with Gasteiger partial charge >= 0.3 is 0 Å². The third kappa shape index (κ3) is 4.76. The van der Waals surface area contributed by atoms with Crippen LogP contribution in [0.3, 0.4) is 0 Å². The second-order valence-corrected chi connectivity index (χ2v) is 10.8. The topological polar surface area (TPSA) is 105 Å². The van der Waals surface area contributed by atoms with Crippen molar-refractivity contribution in [2.45, 2.75) is 9.99 Å². The van der Waals surface area contributed by atoms with Gasteiger partial charge in [-0.05, 0) is 30.3 Å². The predicted octanol–water partition coefficient (Wildman–Crippen LogP) is 5.62. The van der Waals surface area contributed by atoms with Gasteiger partial charge in [-0.3, -0.25) is 9.44 Å². The van der Waals surface area contributed by atoms with Crippen molar-refractivity contribution in [2.24, 2.45) is 0 Å². The van der Waals surface area contributed by atoms with Crippen LogP contribution < -0.4 is 9.44 Å². The van der Waals surface area contributed by atoms with E-state index in [2.05, 4.69) is 9.44 Å². The molecule has 0 aliphatic heterocycles. The molecule has 0 amide bonds. The Kier molecular flexibility index (Phi) is 5.99. The van der Waals surface area contributed by atoms with E-state index in [0.717, 1.165) is 6.07 Å². The van der Waals surface area contributed by atoms with Crippen molar-refractivity contribution in [3.63, 3.8) is 0 Å². The Balaban J connectivity index is 1.72. The van der Waals surface area contributed by atoms with Gasteiger partial charge in [0.15, 0.2) is 0 Å². The van der Waals surface area contributed by atoms with Crippen molar-refractivity contribution in [1.29, 1.82) is 0 Å². The molecule has 0 atom stereocenters. The van der Waals surface area contributed by atoms with Crippen molar-refractivity contribution in [1.82, 2.24) is 0 Å². The summed E-state index contributed by atoms with van der Waals surface area (Å²) in [5, 5.41) is -0.419. The summed E-state index contributed by atoms with van der Waals surface area (Å²) in [6.07, 6.45) is 0. The number of benzene rings is 3. The largest absolute Gasteiger partial charge is 0.443 e. The fourth-order valence-electron chi connectivity index (χ4n) is 2.88. The van der Waals surface area contributed by atoms with Gasteiger partial charge in [-0.1, -0.05) is 41.4 Å². The maximum atomic E-state index is 14.1. The molecule has 0 saturated heterocycles. The van der Waals surface area contributed by atoms with Crippen molar-refractivity contribution >= 4 is 65.6 Å². The van der Waals surface area contributed by atoms with E-state index in [-0.39, 0.29) is 16.4 Å². The average Bonchev–Trinajstić information content (AvgIpc) is 3.18. The van der Waals surface area contributed by atoms with Crippen LogP contribution in [0.15, 0.2) is 75.1 Å². The van der Waals surface area contributed by atoms with Crippen LogP contribution in [0.2, 0.25) is 10.0 Å². The molecule has 0 aliphatic carbocycles. The summed E-state index contributed by atoms with van der Waals surface area (Å²) in [5.41, 5.74) is -0.215. The number of nitrogens with one attached hydrogen (secondary N) is 2. The molecule has 4 aromatic rings.